The van der Waals surface area contributed by atoms with E-state index in [0.29, 0.717) is 0 Å². The molecule has 0 nitrogen and oxygen atoms in total. The van der Waals surface area contributed by atoms with E-state index in [1.165, 1.54) is 42.5 Å². The molecule has 0 spiro atoms. The van der Waals surface area contributed by atoms with Gasteiger partial charge in [0, 0.05) is 24.6 Å². The Balaban J connectivity index is 1.68. The largest absolute Gasteiger partial charge is 0.134 e. The SMILES string of the molecule is C#C/C=C(Cc1cccc2c1sc1c(Br)cccc12)\C(C)=C/CC1=CCCC=C1. The molecule has 1 heterocycles. The molecule has 0 amide bonds. The van der Waals surface area contributed by atoms with Gasteiger partial charge in [0.1, 0.15) is 0 Å². The molecule has 29 heavy (non-hydrogen) atoms. The zero-order valence-corrected chi connectivity index (χ0v) is 18.9. The van der Waals surface area contributed by atoms with Crippen molar-refractivity contribution >= 4 is 47.4 Å². The summed E-state index contributed by atoms with van der Waals surface area (Å²) in [5.41, 5.74) is 5.22. The number of hydrogen-bond donors (Lipinski definition) is 0. The number of benzene rings is 2. The maximum absolute atomic E-state index is 5.67. The molecule has 0 bridgehead atoms. The van der Waals surface area contributed by atoms with Crippen molar-refractivity contribution in [2.45, 2.75) is 32.6 Å². The van der Waals surface area contributed by atoms with E-state index in [4.69, 9.17) is 6.42 Å². The molecule has 2 aromatic carbocycles. The highest BCUT2D eigenvalue weighted by atomic mass is 79.9. The number of halogens is 1. The molecule has 4 rings (SSSR count). The van der Waals surface area contributed by atoms with E-state index in [2.05, 4.69) is 89.5 Å². The summed E-state index contributed by atoms with van der Waals surface area (Å²) in [6, 6.07) is 13.0. The third-order valence-electron chi connectivity index (χ3n) is 5.42. The van der Waals surface area contributed by atoms with Crippen LogP contribution in [-0.2, 0) is 6.42 Å². The number of rotatable bonds is 5. The second-order valence-corrected chi connectivity index (χ2v) is 9.25. The predicted octanol–water partition coefficient (Wildman–Crippen LogP) is 8.53. The Hall–Kier alpha value is -2.34. The molecule has 1 aliphatic carbocycles. The van der Waals surface area contributed by atoms with Crippen molar-refractivity contribution in [3.8, 4) is 12.3 Å². The van der Waals surface area contributed by atoms with E-state index >= 15 is 0 Å². The molecule has 144 valence electrons. The zero-order chi connectivity index (χ0) is 20.2. The van der Waals surface area contributed by atoms with Crippen molar-refractivity contribution in [3.63, 3.8) is 0 Å². The highest BCUT2D eigenvalue weighted by Crippen LogP contribution is 2.40. The van der Waals surface area contributed by atoms with Crippen LogP contribution >= 0.6 is 27.3 Å². The summed E-state index contributed by atoms with van der Waals surface area (Å²) in [6.45, 7) is 2.18. The van der Waals surface area contributed by atoms with Gasteiger partial charge in [-0.3, -0.25) is 0 Å². The number of hydrogen-bond acceptors (Lipinski definition) is 1. The lowest BCUT2D eigenvalue weighted by Crippen LogP contribution is -1.94. The molecule has 0 fully saturated rings. The molecular formula is C27H23BrS. The molecule has 0 saturated carbocycles. The molecule has 2 heteroatoms. The van der Waals surface area contributed by atoms with Crippen molar-refractivity contribution in [1.82, 2.24) is 0 Å². The summed E-state index contributed by atoms with van der Waals surface area (Å²) in [7, 11) is 0. The fourth-order valence-electron chi connectivity index (χ4n) is 3.81. The van der Waals surface area contributed by atoms with Crippen LogP contribution in [0.2, 0.25) is 0 Å². The molecule has 0 saturated heterocycles. The lowest BCUT2D eigenvalue weighted by Gasteiger charge is -2.10. The Morgan fingerprint density at radius 3 is 2.69 bits per heavy atom. The molecule has 0 aliphatic heterocycles. The van der Waals surface area contributed by atoms with Gasteiger partial charge in [-0.05, 0) is 77.4 Å². The van der Waals surface area contributed by atoms with Crippen LogP contribution in [0, 0.1) is 12.3 Å². The van der Waals surface area contributed by atoms with E-state index in [0.717, 1.165) is 30.2 Å². The van der Waals surface area contributed by atoms with Crippen LogP contribution in [0.15, 0.2) is 88.0 Å². The van der Waals surface area contributed by atoms with Gasteiger partial charge in [-0.25, -0.2) is 0 Å². The second kappa shape index (κ2) is 8.99. The van der Waals surface area contributed by atoms with Crippen LogP contribution in [0.3, 0.4) is 0 Å². The topological polar surface area (TPSA) is 0 Å². The van der Waals surface area contributed by atoms with Gasteiger partial charge in [0.2, 0.25) is 0 Å². The first-order valence-electron chi connectivity index (χ1n) is 9.94. The van der Waals surface area contributed by atoms with Crippen LogP contribution in [-0.4, -0.2) is 0 Å². The number of fused-ring (bicyclic) bond motifs is 3. The van der Waals surface area contributed by atoms with Crippen LogP contribution < -0.4 is 0 Å². The monoisotopic (exact) mass is 458 g/mol. The minimum absolute atomic E-state index is 0.850. The number of thiophene rings is 1. The third-order valence-corrected chi connectivity index (χ3v) is 7.67. The molecule has 0 unspecified atom stereocenters. The van der Waals surface area contributed by atoms with Crippen molar-refractivity contribution in [2.75, 3.05) is 0 Å². The fraction of sp³-hybridized carbons (Fsp3) is 0.185. The normalized spacial score (nSPS) is 15.0. The van der Waals surface area contributed by atoms with Crippen LogP contribution in [0.4, 0.5) is 0 Å². The highest BCUT2D eigenvalue weighted by molar-refractivity contribution is 9.10. The number of terminal acetylenes is 1. The lowest BCUT2D eigenvalue weighted by atomic mass is 9.95. The Labute approximate surface area is 185 Å². The maximum Gasteiger partial charge on any atom is 0.0497 e. The van der Waals surface area contributed by atoms with Crippen LogP contribution in [0.25, 0.3) is 20.2 Å². The van der Waals surface area contributed by atoms with E-state index in [9.17, 15) is 0 Å². The lowest BCUT2D eigenvalue weighted by molar-refractivity contribution is 0.999. The fourth-order valence-corrected chi connectivity index (χ4v) is 5.64. The highest BCUT2D eigenvalue weighted by Gasteiger charge is 2.12. The van der Waals surface area contributed by atoms with Crippen molar-refractivity contribution in [1.29, 1.82) is 0 Å². The summed E-state index contributed by atoms with van der Waals surface area (Å²) in [6.07, 6.45) is 20.9. The summed E-state index contributed by atoms with van der Waals surface area (Å²) in [4.78, 5) is 0. The zero-order valence-electron chi connectivity index (χ0n) is 16.5. The van der Waals surface area contributed by atoms with Gasteiger partial charge in [0.15, 0.2) is 0 Å². The smallest absolute Gasteiger partial charge is 0.0497 e. The van der Waals surface area contributed by atoms with Gasteiger partial charge in [-0.1, -0.05) is 66.1 Å². The van der Waals surface area contributed by atoms with Crippen LogP contribution in [0.5, 0.6) is 0 Å². The molecule has 1 aromatic heterocycles. The Kier molecular flexibility index (Phi) is 6.19. The van der Waals surface area contributed by atoms with Gasteiger partial charge in [0.05, 0.1) is 0 Å². The van der Waals surface area contributed by atoms with Gasteiger partial charge < -0.3 is 0 Å². The minimum Gasteiger partial charge on any atom is -0.134 e. The second-order valence-electron chi connectivity index (χ2n) is 7.38. The van der Waals surface area contributed by atoms with Gasteiger partial charge in [-0.2, -0.15) is 0 Å². The first kappa shape index (κ1) is 20.0. The molecule has 0 radical (unpaired) electrons. The predicted molar refractivity (Wildman–Crippen MR) is 132 cm³/mol. The molecule has 3 aromatic rings. The van der Waals surface area contributed by atoms with E-state index in [1.54, 1.807) is 0 Å². The Bertz CT molecular complexity index is 1220. The average Bonchev–Trinajstić information content (AvgIpc) is 3.14. The quantitative estimate of drug-likeness (QED) is 0.265. The summed E-state index contributed by atoms with van der Waals surface area (Å²) < 4.78 is 3.81. The van der Waals surface area contributed by atoms with Crippen molar-refractivity contribution < 1.29 is 0 Å². The Morgan fingerprint density at radius 2 is 1.93 bits per heavy atom. The summed E-state index contributed by atoms with van der Waals surface area (Å²) >= 11 is 5.57. The maximum atomic E-state index is 5.67. The van der Waals surface area contributed by atoms with Crippen molar-refractivity contribution in [2.24, 2.45) is 0 Å². The van der Waals surface area contributed by atoms with E-state index < -0.39 is 0 Å². The standard InChI is InChI=1S/C27H23BrS/c1-3-9-21(19(2)16-17-20-10-5-4-6-11-20)18-22-12-7-13-23-24-14-8-15-25(28)27(24)29-26(22)23/h1,5,7-16H,4,6,17-18H2,2H3/b19-16-,21-9-. The Morgan fingerprint density at radius 1 is 1.14 bits per heavy atom. The van der Waals surface area contributed by atoms with E-state index in [1.807, 2.05) is 17.4 Å². The van der Waals surface area contributed by atoms with Crippen LogP contribution in [0.1, 0.15) is 31.7 Å². The third kappa shape index (κ3) is 4.32. The first-order chi connectivity index (χ1) is 14.2. The van der Waals surface area contributed by atoms with Gasteiger partial charge in [-0.15, -0.1) is 17.8 Å². The summed E-state index contributed by atoms with van der Waals surface area (Å²) in [5.74, 6) is 2.76. The summed E-state index contributed by atoms with van der Waals surface area (Å²) in [5, 5.41) is 2.63. The molecular weight excluding hydrogens is 436 g/mol. The van der Waals surface area contributed by atoms with Gasteiger partial charge in [0.25, 0.3) is 0 Å². The minimum atomic E-state index is 0.850. The van der Waals surface area contributed by atoms with Crippen molar-refractivity contribution in [3.05, 3.63) is 93.5 Å². The molecule has 1 aliphatic rings. The number of allylic oxidation sites excluding steroid dienone is 8. The first-order valence-corrected chi connectivity index (χ1v) is 11.5. The molecule has 0 N–H and O–H groups in total. The average molecular weight is 459 g/mol. The molecule has 0 atom stereocenters. The van der Waals surface area contributed by atoms with Gasteiger partial charge >= 0.3 is 0 Å². The van der Waals surface area contributed by atoms with E-state index in [-0.39, 0.29) is 0 Å².